The van der Waals surface area contributed by atoms with Crippen LogP contribution in [0.5, 0.6) is 0 Å². The number of carbonyl (C=O) groups excluding carboxylic acids is 2. The van der Waals surface area contributed by atoms with Crippen molar-refractivity contribution < 1.29 is 14.0 Å². The number of hydrogen-bond acceptors (Lipinski definition) is 4. The Morgan fingerprint density at radius 2 is 2.16 bits per heavy atom. The first kappa shape index (κ1) is 15.9. The van der Waals surface area contributed by atoms with E-state index in [-0.39, 0.29) is 11.8 Å². The number of likely N-dealkylation sites (tertiary alicyclic amines) is 2. The molecule has 2 saturated heterocycles. The van der Waals surface area contributed by atoms with Gasteiger partial charge in [-0.3, -0.25) is 14.6 Å². The van der Waals surface area contributed by atoms with Crippen LogP contribution in [0.15, 0.2) is 47.3 Å². The first-order valence-corrected chi connectivity index (χ1v) is 8.69. The largest absolute Gasteiger partial charge is 0.459 e. The van der Waals surface area contributed by atoms with Crippen LogP contribution >= 0.6 is 0 Å². The summed E-state index contributed by atoms with van der Waals surface area (Å²) in [7, 11) is 0. The Morgan fingerprint density at radius 3 is 2.92 bits per heavy atom. The molecule has 0 aromatic carbocycles. The van der Waals surface area contributed by atoms with Crippen LogP contribution < -0.4 is 0 Å². The standard InChI is InChI=1S/C19H21N3O3/c23-17(16-5-2-11-25-16)22-10-7-19(14-22)6-3-9-21(18(19)24)13-15-4-1-8-20-12-15/h1-2,4-5,8,11-12H,3,6-7,9-10,13-14H2/t19-/m0/s1. The molecule has 0 aliphatic carbocycles. The Kier molecular flexibility index (Phi) is 4.03. The topological polar surface area (TPSA) is 66.7 Å². The molecule has 1 atom stereocenters. The molecule has 2 aromatic heterocycles. The van der Waals surface area contributed by atoms with Crippen molar-refractivity contribution in [2.45, 2.75) is 25.8 Å². The van der Waals surface area contributed by atoms with Gasteiger partial charge in [-0.1, -0.05) is 6.07 Å². The number of hydrogen-bond donors (Lipinski definition) is 0. The van der Waals surface area contributed by atoms with E-state index in [4.69, 9.17) is 4.42 Å². The van der Waals surface area contributed by atoms with Crippen LogP contribution in [0.25, 0.3) is 0 Å². The molecule has 2 aliphatic rings. The highest BCUT2D eigenvalue weighted by Crippen LogP contribution is 2.40. The molecule has 0 radical (unpaired) electrons. The van der Waals surface area contributed by atoms with Crippen molar-refractivity contribution in [2.75, 3.05) is 19.6 Å². The van der Waals surface area contributed by atoms with Gasteiger partial charge in [0.15, 0.2) is 5.76 Å². The second kappa shape index (κ2) is 6.35. The summed E-state index contributed by atoms with van der Waals surface area (Å²) in [5, 5.41) is 0. The number of rotatable bonds is 3. The molecule has 0 N–H and O–H groups in total. The minimum absolute atomic E-state index is 0.126. The molecule has 25 heavy (non-hydrogen) atoms. The van der Waals surface area contributed by atoms with E-state index in [9.17, 15) is 9.59 Å². The molecule has 2 amide bonds. The van der Waals surface area contributed by atoms with Crippen LogP contribution in [0.2, 0.25) is 0 Å². The van der Waals surface area contributed by atoms with Crippen LogP contribution in [-0.2, 0) is 11.3 Å². The fourth-order valence-corrected chi connectivity index (χ4v) is 4.00. The van der Waals surface area contributed by atoms with Crippen molar-refractivity contribution in [1.29, 1.82) is 0 Å². The molecular formula is C19H21N3O3. The molecule has 0 unspecified atom stereocenters. The van der Waals surface area contributed by atoms with Crippen LogP contribution in [0.4, 0.5) is 0 Å². The SMILES string of the molecule is O=C(c1ccco1)N1CC[C@@]2(CCCN(Cc3cccnc3)C2=O)C1. The molecule has 1 spiro atoms. The van der Waals surface area contributed by atoms with Crippen molar-refractivity contribution in [3.8, 4) is 0 Å². The first-order valence-electron chi connectivity index (χ1n) is 8.69. The van der Waals surface area contributed by atoms with Crippen molar-refractivity contribution >= 4 is 11.8 Å². The van der Waals surface area contributed by atoms with E-state index in [1.54, 1.807) is 29.4 Å². The summed E-state index contributed by atoms with van der Waals surface area (Å²) in [6, 6.07) is 7.26. The monoisotopic (exact) mass is 339 g/mol. The van der Waals surface area contributed by atoms with E-state index < -0.39 is 5.41 Å². The number of carbonyl (C=O) groups is 2. The zero-order valence-electron chi connectivity index (χ0n) is 14.1. The predicted octanol–water partition coefficient (Wildman–Crippen LogP) is 2.33. The van der Waals surface area contributed by atoms with Gasteiger partial charge in [-0.15, -0.1) is 0 Å². The molecule has 4 rings (SSSR count). The number of pyridine rings is 1. The maximum Gasteiger partial charge on any atom is 0.289 e. The third kappa shape index (κ3) is 2.92. The van der Waals surface area contributed by atoms with E-state index >= 15 is 0 Å². The van der Waals surface area contributed by atoms with Crippen molar-refractivity contribution in [3.63, 3.8) is 0 Å². The van der Waals surface area contributed by atoms with Crippen LogP contribution in [0.1, 0.15) is 35.4 Å². The van der Waals surface area contributed by atoms with Crippen molar-refractivity contribution in [1.82, 2.24) is 14.8 Å². The third-order valence-corrected chi connectivity index (χ3v) is 5.29. The summed E-state index contributed by atoms with van der Waals surface area (Å²) >= 11 is 0. The van der Waals surface area contributed by atoms with Gasteiger partial charge in [-0.25, -0.2) is 0 Å². The lowest BCUT2D eigenvalue weighted by Gasteiger charge is -2.39. The van der Waals surface area contributed by atoms with E-state index in [1.807, 2.05) is 17.0 Å². The van der Waals surface area contributed by atoms with Gasteiger partial charge in [0, 0.05) is 38.6 Å². The predicted molar refractivity (Wildman–Crippen MR) is 90.5 cm³/mol. The van der Waals surface area contributed by atoms with Gasteiger partial charge in [0.25, 0.3) is 5.91 Å². The zero-order valence-corrected chi connectivity index (χ0v) is 14.1. The molecule has 2 aliphatic heterocycles. The van der Waals surface area contributed by atoms with Crippen LogP contribution in [0, 0.1) is 5.41 Å². The highest BCUT2D eigenvalue weighted by atomic mass is 16.3. The summed E-state index contributed by atoms with van der Waals surface area (Å²) in [5.41, 5.74) is 0.595. The minimum Gasteiger partial charge on any atom is -0.459 e. The lowest BCUT2D eigenvalue weighted by molar-refractivity contribution is -0.146. The fraction of sp³-hybridized carbons (Fsp3) is 0.421. The highest BCUT2D eigenvalue weighted by Gasteiger charge is 2.49. The maximum atomic E-state index is 13.2. The average Bonchev–Trinajstić information content (AvgIpc) is 3.31. The molecule has 2 aromatic rings. The average molecular weight is 339 g/mol. The van der Waals surface area contributed by atoms with Gasteiger partial charge in [0.1, 0.15) is 0 Å². The smallest absolute Gasteiger partial charge is 0.289 e. The number of aromatic nitrogens is 1. The van der Waals surface area contributed by atoms with Gasteiger partial charge in [0.05, 0.1) is 11.7 Å². The molecule has 6 nitrogen and oxygen atoms in total. The Morgan fingerprint density at radius 1 is 1.24 bits per heavy atom. The third-order valence-electron chi connectivity index (χ3n) is 5.29. The summed E-state index contributed by atoms with van der Waals surface area (Å²) in [5.74, 6) is 0.379. The van der Waals surface area contributed by atoms with Gasteiger partial charge in [0.2, 0.25) is 5.91 Å². The number of furan rings is 1. The Hall–Kier alpha value is -2.63. The highest BCUT2D eigenvalue weighted by molar-refractivity contribution is 5.93. The Balaban J connectivity index is 1.48. The first-order chi connectivity index (χ1) is 12.2. The summed E-state index contributed by atoms with van der Waals surface area (Å²) in [4.78, 5) is 33.5. The second-order valence-corrected chi connectivity index (χ2v) is 6.93. The van der Waals surface area contributed by atoms with Crippen molar-refractivity contribution in [2.24, 2.45) is 5.41 Å². The van der Waals surface area contributed by atoms with Gasteiger partial charge in [-0.05, 0) is 43.0 Å². The number of nitrogens with zero attached hydrogens (tertiary/aromatic N) is 3. The molecule has 130 valence electrons. The van der Waals surface area contributed by atoms with Gasteiger partial charge in [-0.2, -0.15) is 0 Å². The Labute approximate surface area is 146 Å². The maximum absolute atomic E-state index is 13.2. The number of amides is 2. The van der Waals surface area contributed by atoms with Crippen LogP contribution in [-0.4, -0.2) is 46.2 Å². The molecule has 0 saturated carbocycles. The van der Waals surface area contributed by atoms with Gasteiger partial charge < -0.3 is 14.2 Å². The zero-order chi connectivity index (χ0) is 17.3. The molecule has 6 heteroatoms. The normalized spacial score (nSPS) is 23.4. The van der Waals surface area contributed by atoms with E-state index in [0.29, 0.717) is 25.4 Å². The molecular weight excluding hydrogens is 318 g/mol. The van der Waals surface area contributed by atoms with E-state index in [2.05, 4.69) is 4.98 Å². The van der Waals surface area contributed by atoms with E-state index in [0.717, 1.165) is 31.4 Å². The van der Waals surface area contributed by atoms with E-state index in [1.165, 1.54) is 6.26 Å². The molecule has 0 bridgehead atoms. The minimum atomic E-state index is -0.442. The number of piperidine rings is 1. The quantitative estimate of drug-likeness (QED) is 0.861. The molecule has 2 fully saturated rings. The van der Waals surface area contributed by atoms with Crippen molar-refractivity contribution in [3.05, 3.63) is 54.2 Å². The summed E-state index contributed by atoms with van der Waals surface area (Å²) in [6.07, 6.45) is 7.57. The summed E-state index contributed by atoms with van der Waals surface area (Å²) in [6.45, 7) is 2.43. The van der Waals surface area contributed by atoms with Crippen LogP contribution in [0.3, 0.4) is 0 Å². The summed E-state index contributed by atoms with van der Waals surface area (Å²) < 4.78 is 5.22. The lowest BCUT2D eigenvalue weighted by Crippen LogP contribution is -2.50. The van der Waals surface area contributed by atoms with Gasteiger partial charge >= 0.3 is 0 Å². The lowest BCUT2D eigenvalue weighted by atomic mass is 9.78. The fourth-order valence-electron chi connectivity index (χ4n) is 4.00. The Bertz CT molecular complexity index is 759. The second-order valence-electron chi connectivity index (χ2n) is 6.93. The molecule has 4 heterocycles.